The summed E-state index contributed by atoms with van der Waals surface area (Å²) in [6, 6.07) is 4.69. The summed E-state index contributed by atoms with van der Waals surface area (Å²) in [6.45, 7) is 3.56. The summed E-state index contributed by atoms with van der Waals surface area (Å²) in [4.78, 5) is 22.1. The molecule has 1 rings (SSSR count). The molecule has 0 aromatic heterocycles. The molecule has 0 heterocycles. The lowest BCUT2D eigenvalue weighted by Gasteiger charge is -2.13. The smallest absolute Gasteiger partial charge is 0.319 e. The van der Waals surface area contributed by atoms with Crippen LogP contribution in [0.2, 0.25) is 0 Å². The van der Waals surface area contributed by atoms with Gasteiger partial charge in [0.15, 0.2) is 0 Å². The zero-order valence-electron chi connectivity index (χ0n) is 10.2. The highest BCUT2D eigenvalue weighted by atomic mass is 79.9. The van der Waals surface area contributed by atoms with Crippen molar-refractivity contribution in [3.05, 3.63) is 28.2 Å². The van der Waals surface area contributed by atoms with Crippen molar-refractivity contribution in [3.63, 3.8) is 0 Å². The molecule has 2 amide bonds. The van der Waals surface area contributed by atoms with Crippen molar-refractivity contribution < 1.29 is 14.7 Å². The number of halogens is 1. The molecule has 5 nitrogen and oxygen atoms in total. The fraction of sp³-hybridized carbons (Fsp3) is 0.333. The molecule has 98 valence electrons. The van der Waals surface area contributed by atoms with Gasteiger partial charge in [0.1, 0.15) is 0 Å². The van der Waals surface area contributed by atoms with Crippen molar-refractivity contribution in [2.45, 2.75) is 26.3 Å². The van der Waals surface area contributed by atoms with E-state index in [2.05, 4.69) is 26.6 Å². The number of nitrogens with one attached hydrogen (secondary N) is 2. The van der Waals surface area contributed by atoms with Crippen molar-refractivity contribution in [1.82, 2.24) is 5.32 Å². The molecule has 1 atom stereocenters. The van der Waals surface area contributed by atoms with Gasteiger partial charge in [-0.25, -0.2) is 4.79 Å². The molecular formula is C12H15BrN2O3. The fourth-order valence-corrected chi connectivity index (χ4v) is 2.12. The molecule has 0 bridgehead atoms. The van der Waals surface area contributed by atoms with Gasteiger partial charge >= 0.3 is 12.0 Å². The van der Waals surface area contributed by atoms with Gasteiger partial charge in [-0.05, 0) is 37.6 Å². The van der Waals surface area contributed by atoms with Crippen LogP contribution in [0.1, 0.15) is 18.9 Å². The van der Waals surface area contributed by atoms with Crippen molar-refractivity contribution >= 4 is 33.6 Å². The Kier molecular flexibility index (Phi) is 5.15. The minimum absolute atomic E-state index is 0.106. The third-order valence-corrected chi connectivity index (χ3v) is 2.62. The zero-order valence-corrected chi connectivity index (χ0v) is 11.7. The number of carboxylic acids is 1. The Morgan fingerprint density at radius 1 is 1.39 bits per heavy atom. The Labute approximate surface area is 114 Å². The van der Waals surface area contributed by atoms with Gasteiger partial charge in [-0.15, -0.1) is 0 Å². The van der Waals surface area contributed by atoms with Crippen LogP contribution in [0.4, 0.5) is 10.5 Å². The molecule has 0 aliphatic heterocycles. The number of hydrogen-bond acceptors (Lipinski definition) is 2. The molecule has 0 spiro atoms. The van der Waals surface area contributed by atoms with E-state index in [1.54, 1.807) is 13.0 Å². The number of urea groups is 1. The number of hydrogen-bond donors (Lipinski definition) is 3. The fourth-order valence-electron chi connectivity index (χ4n) is 1.51. The number of anilines is 1. The predicted molar refractivity (Wildman–Crippen MR) is 72.7 cm³/mol. The minimum Gasteiger partial charge on any atom is -0.481 e. The Balaban J connectivity index is 2.56. The van der Waals surface area contributed by atoms with E-state index >= 15 is 0 Å². The Hall–Kier alpha value is -1.56. The molecule has 0 saturated carbocycles. The second-order valence-corrected chi connectivity index (χ2v) is 5.03. The molecule has 6 heteroatoms. The lowest BCUT2D eigenvalue weighted by molar-refractivity contribution is -0.137. The average Bonchev–Trinajstić information content (AvgIpc) is 2.12. The van der Waals surface area contributed by atoms with Crippen LogP contribution >= 0.6 is 15.9 Å². The third kappa shape index (κ3) is 5.18. The van der Waals surface area contributed by atoms with E-state index in [1.165, 1.54) is 0 Å². The monoisotopic (exact) mass is 314 g/mol. The van der Waals surface area contributed by atoms with Crippen molar-refractivity contribution in [2.75, 3.05) is 5.32 Å². The quantitative estimate of drug-likeness (QED) is 0.799. The molecule has 0 radical (unpaired) electrons. The van der Waals surface area contributed by atoms with Crippen molar-refractivity contribution in [3.8, 4) is 0 Å². The summed E-state index contributed by atoms with van der Waals surface area (Å²) >= 11 is 3.34. The average molecular weight is 315 g/mol. The highest BCUT2D eigenvalue weighted by molar-refractivity contribution is 9.10. The van der Waals surface area contributed by atoms with Gasteiger partial charge in [0.25, 0.3) is 0 Å². The van der Waals surface area contributed by atoms with Gasteiger partial charge in [-0.2, -0.15) is 0 Å². The molecule has 0 aliphatic rings. The highest BCUT2D eigenvalue weighted by Crippen LogP contribution is 2.18. The van der Waals surface area contributed by atoms with E-state index in [-0.39, 0.29) is 6.42 Å². The van der Waals surface area contributed by atoms with Crippen LogP contribution in [0.15, 0.2) is 22.7 Å². The number of rotatable bonds is 4. The summed E-state index contributed by atoms with van der Waals surface area (Å²) < 4.78 is 0.872. The van der Waals surface area contributed by atoms with Crippen LogP contribution in [0.3, 0.4) is 0 Å². The first-order valence-corrected chi connectivity index (χ1v) is 6.22. The highest BCUT2D eigenvalue weighted by Gasteiger charge is 2.11. The third-order valence-electron chi connectivity index (χ3n) is 2.16. The summed E-state index contributed by atoms with van der Waals surface area (Å²) in [5.74, 6) is -0.943. The number of aliphatic carboxylic acids is 1. The normalized spacial score (nSPS) is 11.7. The standard InChI is InChI=1S/C12H15BrN2O3/c1-7-3-9(13)6-10(4-7)15-12(18)14-8(2)5-11(16)17/h3-4,6,8H,5H2,1-2H3,(H,16,17)(H2,14,15,18). The molecule has 1 unspecified atom stereocenters. The molecular weight excluding hydrogens is 300 g/mol. The zero-order chi connectivity index (χ0) is 13.7. The van der Waals surface area contributed by atoms with Crippen LogP contribution < -0.4 is 10.6 Å². The van der Waals surface area contributed by atoms with Gasteiger partial charge in [-0.1, -0.05) is 15.9 Å². The molecule has 0 aliphatic carbocycles. The van der Waals surface area contributed by atoms with Crippen molar-refractivity contribution in [1.29, 1.82) is 0 Å². The lowest BCUT2D eigenvalue weighted by Crippen LogP contribution is -2.37. The number of carbonyl (C=O) groups excluding carboxylic acids is 1. The van der Waals surface area contributed by atoms with Crippen LogP contribution in [0.5, 0.6) is 0 Å². The maximum Gasteiger partial charge on any atom is 0.319 e. The number of aryl methyl sites for hydroxylation is 1. The van der Waals surface area contributed by atoms with Crippen LogP contribution in [-0.2, 0) is 4.79 Å². The van der Waals surface area contributed by atoms with Gasteiger partial charge in [0, 0.05) is 16.2 Å². The Morgan fingerprint density at radius 3 is 2.61 bits per heavy atom. The maximum atomic E-state index is 11.6. The van der Waals surface area contributed by atoms with E-state index < -0.39 is 18.0 Å². The second kappa shape index (κ2) is 6.39. The minimum atomic E-state index is -0.943. The van der Waals surface area contributed by atoms with E-state index in [1.807, 2.05) is 19.1 Å². The van der Waals surface area contributed by atoms with E-state index in [0.717, 1.165) is 10.0 Å². The predicted octanol–water partition coefficient (Wildman–Crippen LogP) is 2.74. The topological polar surface area (TPSA) is 78.4 Å². The van der Waals surface area contributed by atoms with Gasteiger partial charge < -0.3 is 15.7 Å². The Bertz CT molecular complexity index is 442. The summed E-state index contributed by atoms with van der Waals surface area (Å²) in [7, 11) is 0. The van der Waals surface area contributed by atoms with Crippen LogP contribution in [0, 0.1) is 6.92 Å². The lowest BCUT2D eigenvalue weighted by atomic mass is 10.2. The molecule has 1 aromatic rings. The first-order chi connectivity index (χ1) is 8.36. The van der Waals surface area contributed by atoms with Gasteiger partial charge in [0.05, 0.1) is 6.42 Å². The number of carbonyl (C=O) groups is 2. The number of benzene rings is 1. The summed E-state index contributed by atoms with van der Waals surface area (Å²) in [5, 5.41) is 13.8. The van der Waals surface area contributed by atoms with Gasteiger partial charge in [-0.3, -0.25) is 4.79 Å². The molecule has 3 N–H and O–H groups in total. The van der Waals surface area contributed by atoms with E-state index in [4.69, 9.17) is 5.11 Å². The van der Waals surface area contributed by atoms with Gasteiger partial charge in [0.2, 0.25) is 0 Å². The first-order valence-electron chi connectivity index (χ1n) is 5.43. The summed E-state index contributed by atoms with van der Waals surface area (Å²) in [5.41, 5.74) is 1.67. The molecule has 1 aromatic carbocycles. The van der Waals surface area contributed by atoms with Crippen molar-refractivity contribution in [2.24, 2.45) is 0 Å². The second-order valence-electron chi connectivity index (χ2n) is 4.11. The maximum absolute atomic E-state index is 11.6. The first kappa shape index (κ1) is 14.5. The van der Waals surface area contributed by atoms with E-state index in [0.29, 0.717) is 5.69 Å². The van der Waals surface area contributed by atoms with Crippen LogP contribution in [-0.4, -0.2) is 23.1 Å². The SMILES string of the molecule is Cc1cc(Br)cc(NC(=O)NC(C)CC(=O)O)c1. The summed E-state index contributed by atoms with van der Waals surface area (Å²) in [6.07, 6.45) is -0.106. The van der Waals surface area contributed by atoms with E-state index in [9.17, 15) is 9.59 Å². The number of carboxylic acid groups (broad SMARTS) is 1. The molecule has 0 saturated heterocycles. The largest absolute Gasteiger partial charge is 0.481 e. The molecule has 18 heavy (non-hydrogen) atoms. The number of amides is 2. The molecule has 0 fully saturated rings. The Morgan fingerprint density at radius 2 is 2.06 bits per heavy atom. The van der Waals surface area contributed by atoms with Crippen LogP contribution in [0.25, 0.3) is 0 Å².